The monoisotopic (exact) mass is 436 g/mol. The first kappa shape index (κ1) is 21.6. The van der Waals surface area contributed by atoms with Crippen LogP contribution in [0.2, 0.25) is 0 Å². The number of aromatic hydroxyl groups is 2. The lowest BCUT2D eigenvalue weighted by atomic mass is 9.67. The summed E-state index contributed by atoms with van der Waals surface area (Å²) in [6, 6.07) is 16.5. The third-order valence-electron chi connectivity index (χ3n) is 7.56. The van der Waals surface area contributed by atoms with Crippen LogP contribution in [-0.2, 0) is 0 Å². The van der Waals surface area contributed by atoms with Crippen molar-refractivity contribution in [3.05, 3.63) is 104 Å². The molecule has 4 aromatic rings. The van der Waals surface area contributed by atoms with Gasteiger partial charge >= 0.3 is 0 Å². The first-order chi connectivity index (χ1) is 15.7. The summed E-state index contributed by atoms with van der Waals surface area (Å²) in [4.78, 5) is 0. The van der Waals surface area contributed by atoms with E-state index >= 15 is 0 Å². The van der Waals surface area contributed by atoms with Crippen molar-refractivity contribution in [2.75, 3.05) is 0 Å². The number of hydrogen-bond acceptors (Lipinski definition) is 2. The third kappa shape index (κ3) is 3.31. The maximum atomic E-state index is 11.1. The Morgan fingerprint density at radius 3 is 1.27 bits per heavy atom. The fraction of sp³-hybridized carbons (Fsp3) is 0.290. The van der Waals surface area contributed by atoms with E-state index in [2.05, 4.69) is 65.8 Å². The molecule has 0 amide bonds. The van der Waals surface area contributed by atoms with E-state index in [1.165, 1.54) is 44.5 Å². The van der Waals surface area contributed by atoms with Crippen LogP contribution >= 0.6 is 0 Å². The maximum absolute atomic E-state index is 11.1. The van der Waals surface area contributed by atoms with Crippen molar-refractivity contribution in [3.63, 3.8) is 0 Å². The smallest absolute Gasteiger partial charge is 0.120 e. The molecule has 2 unspecified atom stereocenters. The molecule has 0 aromatic heterocycles. The Kier molecular flexibility index (Phi) is 5.01. The molecule has 0 heterocycles. The van der Waals surface area contributed by atoms with E-state index in [-0.39, 0.29) is 11.8 Å². The predicted octanol–water partition coefficient (Wildman–Crippen LogP) is 7.77. The van der Waals surface area contributed by atoms with Gasteiger partial charge in [-0.15, -0.1) is 0 Å². The molecule has 1 aliphatic rings. The number of aryl methyl sites for hydroxylation is 6. The summed E-state index contributed by atoms with van der Waals surface area (Å²) in [5.74, 6) is 0.728. The zero-order valence-electron chi connectivity index (χ0n) is 20.4. The van der Waals surface area contributed by atoms with Gasteiger partial charge in [-0.1, -0.05) is 47.5 Å². The third-order valence-corrected chi connectivity index (χ3v) is 7.56. The SMILES string of the molecule is Cc1cc(C)c(C2CC(c3c(C)cc(C)cc3C)c3c(O)ccc4ccc(O)c2c34)c(C)c1. The predicted molar refractivity (Wildman–Crippen MR) is 137 cm³/mol. The zero-order chi connectivity index (χ0) is 23.6. The number of hydrogen-bond donors (Lipinski definition) is 2. The largest absolute Gasteiger partial charge is 0.508 e. The van der Waals surface area contributed by atoms with E-state index in [9.17, 15) is 10.2 Å². The Hall–Kier alpha value is -3.26. The molecule has 168 valence electrons. The highest BCUT2D eigenvalue weighted by Gasteiger charge is 2.37. The highest BCUT2D eigenvalue weighted by Crippen LogP contribution is 2.55. The highest BCUT2D eigenvalue weighted by atomic mass is 16.3. The summed E-state index contributed by atoms with van der Waals surface area (Å²) < 4.78 is 0. The van der Waals surface area contributed by atoms with Crippen LogP contribution in [-0.4, -0.2) is 10.2 Å². The van der Waals surface area contributed by atoms with Crippen molar-refractivity contribution in [1.82, 2.24) is 0 Å². The Morgan fingerprint density at radius 1 is 0.545 bits per heavy atom. The van der Waals surface area contributed by atoms with Gasteiger partial charge in [-0.05, 0) is 104 Å². The topological polar surface area (TPSA) is 40.5 Å². The van der Waals surface area contributed by atoms with E-state index in [1.807, 2.05) is 24.3 Å². The van der Waals surface area contributed by atoms with Gasteiger partial charge in [0.25, 0.3) is 0 Å². The highest BCUT2D eigenvalue weighted by molar-refractivity contribution is 5.95. The van der Waals surface area contributed by atoms with Gasteiger partial charge < -0.3 is 10.2 Å². The average molecular weight is 437 g/mol. The second kappa shape index (κ2) is 7.66. The van der Waals surface area contributed by atoms with E-state index < -0.39 is 0 Å². The van der Waals surface area contributed by atoms with Gasteiger partial charge in [-0.25, -0.2) is 0 Å². The first-order valence-electron chi connectivity index (χ1n) is 11.8. The quantitative estimate of drug-likeness (QED) is 0.337. The molecule has 0 fully saturated rings. The minimum absolute atomic E-state index is 0.0497. The molecule has 33 heavy (non-hydrogen) atoms. The van der Waals surface area contributed by atoms with Crippen molar-refractivity contribution in [3.8, 4) is 11.5 Å². The molecule has 0 radical (unpaired) electrons. The van der Waals surface area contributed by atoms with Crippen molar-refractivity contribution >= 4 is 10.8 Å². The fourth-order valence-corrected chi connectivity index (χ4v) is 6.63. The Balaban J connectivity index is 1.90. The maximum Gasteiger partial charge on any atom is 0.120 e. The molecule has 0 spiro atoms. The van der Waals surface area contributed by atoms with Crippen LogP contribution in [0.25, 0.3) is 10.8 Å². The molecule has 2 N–H and O–H groups in total. The molecule has 5 rings (SSSR count). The number of benzene rings is 4. The second-order valence-corrected chi connectivity index (χ2v) is 10.1. The van der Waals surface area contributed by atoms with Crippen molar-refractivity contribution in [2.24, 2.45) is 0 Å². The molecule has 2 atom stereocenters. The molecule has 0 aliphatic heterocycles. The summed E-state index contributed by atoms with van der Waals surface area (Å²) in [7, 11) is 0. The summed E-state index contributed by atoms with van der Waals surface area (Å²) in [6.45, 7) is 13.0. The van der Waals surface area contributed by atoms with Crippen LogP contribution < -0.4 is 0 Å². The van der Waals surface area contributed by atoms with Gasteiger partial charge in [0, 0.05) is 23.0 Å². The molecular weight excluding hydrogens is 404 g/mol. The molecular formula is C31H32O2. The molecule has 4 aromatic carbocycles. The Morgan fingerprint density at radius 2 is 0.909 bits per heavy atom. The van der Waals surface area contributed by atoms with E-state index in [4.69, 9.17) is 0 Å². The van der Waals surface area contributed by atoms with Crippen LogP contribution in [0.5, 0.6) is 11.5 Å². The average Bonchev–Trinajstić information content (AvgIpc) is 2.71. The number of phenols is 2. The van der Waals surface area contributed by atoms with Gasteiger partial charge in [-0.3, -0.25) is 0 Å². The Labute approximate surface area is 196 Å². The minimum atomic E-state index is 0.0497. The van der Waals surface area contributed by atoms with E-state index in [0.717, 1.165) is 28.3 Å². The Bertz CT molecular complexity index is 1280. The van der Waals surface area contributed by atoms with Gasteiger partial charge in [0.1, 0.15) is 11.5 Å². The van der Waals surface area contributed by atoms with Crippen LogP contribution in [0, 0.1) is 41.5 Å². The molecule has 2 heteroatoms. The number of rotatable bonds is 2. The summed E-state index contributed by atoms with van der Waals surface area (Å²) >= 11 is 0. The zero-order valence-corrected chi connectivity index (χ0v) is 20.4. The standard InChI is InChI=1S/C31H32O2/c1-16-11-18(3)27(19(4)12-16)23-15-24(28-20(5)13-17(2)14-21(28)6)31-26(33)10-8-22-7-9-25(32)30(23)29(22)31/h7-14,23-24,32-33H,15H2,1-6H3. The molecule has 0 saturated heterocycles. The summed E-state index contributed by atoms with van der Waals surface area (Å²) in [5.41, 5.74) is 12.0. The lowest BCUT2D eigenvalue weighted by Crippen LogP contribution is -2.19. The van der Waals surface area contributed by atoms with Crippen LogP contribution in [0.15, 0.2) is 48.5 Å². The second-order valence-electron chi connectivity index (χ2n) is 10.1. The van der Waals surface area contributed by atoms with Crippen LogP contribution in [0.3, 0.4) is 0 Å². The number of phenolic OH excluding ortho intramolecular Hbond substituents is 2. The van der Waals surface area contributed by atoms with Gasteiger partial charge in [0.05, 0.1) is 0 Å². The van der Waals surface area contributed by atoms with Crippen molar-refractivity contribution < 1.29 is 10.2 Å². The van der Waals surface area contributed by atoms with Crippen LogP contribution in [0.1, 0.15) is 73.9 Å². The van der Waals surface area contributed by atoms with E-state index in [0.29, 0.717) is 11.5 Å². The molecule has 0 bridgehead atoms. The van der Waals surface area contributed by atoms with E-state index in [1.54, 1.807) is 0 Å². The summed E-state index contributed by atoms with van der Waals surface area (Å²) in [6.07, 6.45) is 0.812. The van der Waals surface area contributed by atoms with Gasteiger partial charge in [-0.2, -0.15) is 0 Å². The fourth-order valence-electron chi connectivity index (χ4n) is 6.63. The van der Waals surface area contributed by atoms with Gasteiger partial charge in [0.15, 0.2) is 0 Å². The van der Waals surface area contributed by atoms with Crippen LogP contribution in [0.4, 0.5) is 0 Å². The minimum Gasteiger partial charge on any atom is -0.508 e. The lowest BCUT2D eigenvalue weighted by molar-refractivity contribution is 0.449. The molecule has 0 saturated carbocycles. The summed E-state index contributed by atoms with van der Waals surface area (Å²) in [5, 5.41) is 24.4. The molecule has 1 aliphatic carbocycles. The lowest BCUT2D eigenvalue weighted by Gasteiger charge is -2.36. The van der Waals surface area contributed by atoms with Crippen molar-refractivity contribution in [1.29, 1.82) is 0 Å². The molecule has 2 nitrogen and oxygen atoms in total. The van der Waals surface area contributed by atoms with Gasteiger partial charge in [0.2, 0.25) is 0 Å². The normalized spacial score (nSPS) is 17.5. The van der Waals surface area contributed by atoms with Crippen molar-refractivity contribution in [2.45, 2.75) is 59.8 Å². The first-order valence-corrected chi connectivity index (χ1v) is 11.8.